The smallest absolute Gasteiger partial charge is 0.297 e. The van der Waals surface area contributed by atoms with E-state index < -0.39 is 29.2 Å². The molecule has 3 rings (SSSR count). The third-order valence-electron chi connectivity index (χ3n) is 4.71. The zero-order valence-corrected chi connectivity index (χ0v) is 19.2. The number of aromatic nitrogens is 2. The number of nitrogens with one attached hydrogen (secondary N) is 3. The van der Waals surface area contributed by atoms with Crippen LogP contribution in [0.4, 0.5) is 4.39 Å². The van der Waals surface area contributed by atoms with Crippen LogP contribution in [0.25, 0.3) is 0 Å². The third-order valence-corrected chi connectivity index (χ3v) is 5.24. The highest BCUT2D eigenvalue weighted by atomic mass is 35.5. The topological polar surface area (TPSA) is 133 Å². The number of rotatable bonds is 7. The molecule has 1 aliphatic heterocycles. The molecule has 33 heavy (non-hydrogen) atoms. The van der Waals surface area contributed by atoms with E-state index >= 15 is 0 Å². The Balaban J connectivity index is 2.02. The van der Waals surface area contributed by atoms with Crippen molar-refractivity contribution in [3.05, 3.63) is 74.5 Å². The molecule has 0 saturated heterocycles. The molecule has 0 radical (unpaired) electrons. The average Bonchev–Trinajstić information content (AvgIpc) is 2.78. The second-order valence-electron chi connectivity index (χ2n) is 6.88. The van der Waals surface area contributed by atoms with Crippen LogP contribution in [0.3, 0.4) is 0 Å². The van der Waals surface area contributed by atoms with E-state index in [-0.39, 0.29) is 34.1 Å². The van der Waals surface area contributed by atoms with Crippen molar-refractivity contribution in [2.24, 2.45) is 0 Å². The Hall–Kier alpha value is -3.38. The number of halogens is 2. The lowest BCUT2D eigenvalue weighted by molar-refractivity contribution is -0.119. The lowest BCUT2D eigenvalue weighted by Gasteiger charge is -2.24. The van der Waals surface area contributed by atoms with Crippen LogP contribution in [-0.4, -0.2) is 27.7 Å². The Kier molecular flexibility index (Phi) is 7.71. The van der Waals surface area contributed by atoms with Crippen LogP contribution in [-0.2, 0) is 11.3 Å². The van der Waals surface area contributed by atoms with Crippen LogP contribution >= 0.6 is 20.8 Å². The van der Waals surface area contributed by atoms with Gasteiger partial charge in [0.2, 0.25) is 5.75 Å². The van der Waals surface area contributed by atoms with Gasteiger partial charge in [-0.25, -0.2) is 14.8 Å². The number of amides is 1. The van der Waals surface area contributed by atoms with Gasteiger partial charge in [0.05, 0.1) is 30.5 Å². The minimum absolute atomic E-state index is 0.0604. The van der Waals surface area contributed by atoms with Crippen molar-refractivity contribution >= 4 is 33.0 Å². The van der Waals surface area contributed by atoms with Crippen molar-refractivity contribution in [3.63, 3.8) is 0 Å². The summed E-state index contributed by atoms with van der Waals surface area (Å²) in [5.74, 6) is -2.50. The van der Waals surface area contributed by atoms with Crippen LogP contribution < -0.4 is 21.1 Å². The summed E-state index contributed by atoms with van der Waals surface area (Å²) in [6.07, 6.45) is 5.58. The minimum Gasteiger partial charge on any atom is -0.449 e. The number of ether oxygens (including phenoxy) is 1. The lowest BCUT2D eigenvalue weighted by atomic mass is 10.0. The summed E-state index contributed by atoms with van der Waals surface area (Å²) in [4.78, 5) is 29.5. The SMILES string of the molecule is C/C=C(\C=N)C1C=C(Cn2cnc(C(F)P)c(Oc3cc(Cl)cc(C#N)c3)c2=O)C(=O)NN1. The first-order chi connectivity index (χ1) is 15.8. The molecule has 0 saturated carbocycles. The second kappa shape index (κ2) is 10.5. The lowest BCUT2D eigenvalue weighted by Crippen LogP contribution is -2.50. The predicted molar refractivity (Wildman–Crippen MR) is 124 cm³/mol. The number of benzene rings is 1. The Morgan fingerprint density at radius 2 is 2.24 bits per heavy atom. The molecule has 0 fully saturated rings. The molecule has 170 valence electrons. The van der Waals surface area contributed by atoms with Gasteiger partial charge in [0.1, 0.15) is 11.4 Å². The number of allylic oxidation sites excluding steroid dienone is 1. The number of hydrazine groups is 1. The Morgan fingerprint density at radius 3 is 2.88 bits per heavy atom. The van der Waals surface area contributed by atoms with Gasteiger partial charge in [-0.05, 0) is 30.7 Å². The highest BCUT2D eigenvalue weighted by Crippen LogP contribution is 2.32. The fraction of sp³-hybridized carbons (Fsp3) is 0.190. The summed E-state index contributed by atoms with van der Waals surface area (Å²) < 4.78 is 20.9. The summed E-state index contributed by atoms with van der Waals surface area (Å²) >= 11 is 5.99. The van der Waals surface area contributed by atoms with E-state index in [0.29, 0.717) is 5.57 Å². The number of carbonyl (C=O) groups is 1. The molecular formula is C21H19ClFN6O3P. The summed E-state index contributed by atoms with van der Waals surface area (Å²) in [7, 11) is 1.89. The standard InChI is InChI=1S/C21H19ClFN6O3P/c1-2-12(8-25)16-5-13(20(30)28-27-16)9-29-10-26-17(19(23)33)18(21(29)31)32-15-4-11(7-24)3-14(22)6-15/h2-6,8,10,16,19,25,27H,9,33H2,1H3,(H,28,30)/b12-2+,25-8?. The van der Waals surface area contributed by atoms with Gasteiger partial charge in [-0.1, -0.05) is 33.0 Å². The van der Waals surface area contributed by atoms with Crippen molar-refractivity contribution < 1.29 is 13.9 Å². The van der Waals surface area contributed by atoms with Gasteiger partial charge in [0.25, 0.3) is 11.5 Å². The van der Waals surface area contributed by atoms with Crippen LogP contribution in [0.15, 0.2) is 52.6 Å². The minimum atomic E-state index is -1.70. The predicted octanol–water partition coefficient (Wildman–Crippen LogP) is 2.93. The van der Waals surface area contributed by atoms with E-state index in [1.54, 1.807) is 19.1 Å². The van der Waals surface area contributed by atoms with Gasteiger partial charge < -0.3 is 10.1 Å². The number of hydrogen-bond acceptors (Lipinski definition) is 7. The van der Waals surface area contributed by atoms with E-state index in [9.17, 15) is 14.0 Å². The van der Waals surface area contributed by atoms with E-state index in [1.807, 2.05) is 15.3 Å². The first kappa shape index (κ1) is 24.3. The maximum atomic E-state index is 14.2. The third kappa shape index (κ3) is 5.52. The first-order valence-corrected chi connectivity index (χ1v) is 10.6. The molecule has 3 unspecified atom stereocenters. The van der Waals surface area contributed by atoms with E-state index in [1.165, 1.54) is 18.2 Å². The molecule has 1 amide bonds. The van der Waals surface area contributed by atoms with Crippen LogP contribution in [0, 0.1) is 16.7 Å². The monoisotopic (exact) mass is 488 g/mol. The van der Waals surface area contributed by atoms with Crippen LogP contribution in [0.1, 0.15) is 24.1 Å². The maximum Gasteiger partial charge on any atom is 0.297 e. The van der Waals surface area contributed by atoms with E-state index in [0.717, 1.165) is 17.1 Å². The molecule has 1 aliphatic rings. The second-order valence-corrected chi connectivity index (χ2v) is 7.91. The van der Waals surface area contributed by atoms with Gasteiger partial charge >= 0.3 is 0 Å². The molecule has 0 aliphatic carbocycles. The van der Waals surface area contributed by atoms with Crippen molar-refractivity contribution in [2.75, 3.05) is 0 Å². The molecule has 2 aromatic rings. The normalized spacial score (nSPS) is 16.9. The molecule has 3 N–H and O–H groups in total. The van der Waals surface area contributed by atoms with Gasteiger partial charge in [0.15, 0.2) is 5.91 Å². The largest absolute Gasteiger partial charge is 0.449 e. The van der Waals surface area contributed by atoms with Crippen molar-refractivity contribution in [3.8, 4) is 17.6 Å². The molecule has 2 heterocycles. The number of hydrogen-bond donors (Lipinski definition) is 3. The number of nitrogens with zero attached hydrogens (tertiary/aromatic N) is 3. The Bertz CT molecular complexity index is 1270. The van der Waals surface area contributed by atoms with Gasteiger partial charge in [-0.2, -0.15) is 5.26 Å². The van der Waals surface area contributed by atoms with Crippen molar-refractivity contribution in [1.82, 2.24) is 20.4 Å². The Morgan fingerprint density at radius 1 is 1.48 bits per heavy atom. The first-order valence-electron chi connectivity index (χ1n) is 9.58. The molecule has 1 aromatic heterocycles. The zero-order chi connectivity index (χ0) is 24.1. The highest BCUT2D eigenvalue weighted by Gasteiger charge is 2.24. The summed E-state index contributed by atoms with van der Waals surface area (Å²) in [6.45, 7) is 1.58. The number of alkyl halides is 1. The van der Waals surface area contributed by atoms with E-state index in [4.69, 9.17) is 27.0 Å². The summed E-state index contributed by atoms with van der Waals surface area (Å²) in [5, 5.41) is 16.8. The number of nitriles is 1. The zero-order valence-electron chi connectivity index (χ0n) is 17.3. The van der Waals surface area contributed by atoms with Gasteiger partial charge in [-0.15, -0.1) is 0 Å². The average molecular weight is 489 g/mol. The summed E-state index contributed by atoms with van der Waals surface area (Å²) in [6, 6.07) is 5.60. The fourth-order valence-electron chi connectivity index (χ4n) is 3.07. The molecule has 3 atom stereocenters. The molecule has 9 nitrogen and oxygen atoms in total. The van der Waals surface area contributed by atoms with E-state index in [2.05, 4.69) is 15.8 Å². The Labute approximate surface area is 195 Å². The fourth-order valence-corrected chi connectivity index (χ4v) is 3.54. The van der Waals surface area contributed by atoms with Gasteiger partial charge in [-0.3, -0.25) is 19.6 Å². The molecule has 0 bridgehead atoms. The number of carbonyl (C=O) groups excluding carboxylic acids is 1. The molecule has 12 heteroatoms. The van der Waals surface area contributed by atoms with Crippen molar-refractivity contribution in [2.45, 2.75) is 25.4 Å². The van der Waals surface area contributed by atoms with Gasteiger partial charge in [0, 0.05) is 16.8 Å². The quantitative estimate of drug-likeness (QED) is 0.405. The molecular weight excluding hydrogens is 470 g/mol. The molecule has 1 aromatic carbocycles. The van der Waals surface area contributed by atoms with Crippen LogP contribution in [0.2, 0.25) is 5.02 Å². The molecule has 0 spiro atoms. The van der Waals surface area contributed by atoms with Crippen molar-refractivity contribution in [1.29, 1.82) is 10.7 Å². The maximum absolute atomic E-state index is 14.2. The van der Waals surface area contributed by atoms with Crippen LogP contribution in [0.5, 0.6) is 11.5 Å². The highest BCUT2D eigenvalue weighted by molar-refractivity contribution is 7.16. The summed E-state index contributed by atoms with van der Waals surface area (Å²) in [5.41, 5.74) is 5.31.